The highest BCUT2D eigenvalue weighted by molar-refractivity contribution is 5.37. The molecule has 4 fully saturated rings. The van der Waals surface area contributed by atoms with E-state index in [1.165, 1.54) is 5.57 Å². The third kappa shape index (κ3) is 1.61. The molecule has 5 rings (SSSR count). The smallest absolute Gasteiger partial charge is 0.163 e. The second-order valence-electron chi connectivity index (χ2n) is 9.05. The van der Waals surface area contributed by atoms with Crippen molar-refractivity contribution in [1.29, 1.82) is 0 Å². The van der Waals surface area contributed by atoms with Crippen LogP contribution in [0.1, 0.15) is 59.3 Å². The van der Waals surface area contributed by atoms with Gasteiger partial charge in [-0.25, -0.2) is 0 Å². The first-order valence-corrected chi connectivity index (χ1v) is 9.21. The Morgan fingerprint density at radius 3 is 2.83 bits per heavy atom. The molecule has 5 aliphatic rings. The van der Waals surface area contributed by atoms with Crippen LogP contribution in [0.5, 0.6) is 0 Å². The van der Waals surface area contributed by atoms with E-state index in [0.29, 0.717) is 12.5 Å². The van der Waals surface area contributed by atoms with Crippen LogP contribution >= 0.6 is 0 Å². The molecule has 0 aromatic heterocycles. The fourth-order valence-corrected chi connectivity index (χ4v) is 6.51. The van der Waals surface area contributed by atoms with Crippen molar-refractivity contribution in [2.45, 2.75) is 88.5 Å². The quantitative estimate of drug-likeness (QED) is 0.697. The first-order chi connectivity index (χ1) is 10.8. The van der Waals surface area contributed by atoms with E-state index >= 15 is 0 Å². The molecule has 2 heterocycles. The molecule has 23 heavy (non-hydrogen) atoms. The van der Waals surface area contributed by atoms with Crippen LogP contribution < -0.4 is 0 Å². The Hall–Kier alpha value is -0.420. The second kappa shape index (κ2) is 4.21. The van der Waals surface area contributed by atoms with Crippen molar-refractivity contribution in [3.8, 4) is 0 Å². The second-order valence-corrected chi connectivity index (χ2v) is 9.05. The van der Waals surface area contributed by atoms with Crippen molar-refractivity contribution in [3.63, 3.8) is 0 Å². The zero-order chi connectivity index (χ0) is 16.1. The molecule has 6 atom stereocenters. The lowest BCUT2D eigenvalue weighted by Gasteiger charge is -2.55. The first-order valence-electron chi connectivity index (χ1n) is 9.21. The fourth-order valence-electron chi connectivity index (χ4n) is 6.51. The molecule has 128 valence electrons. The molecule has 0 aromatic carbocycles. The number of rotatable bonds is 0. The maximum atomic E-state index is 10.1. The minimum atomic E-state index is -0.513. The van der Waals surface area contributed by atoms with Crippen LogP contribution in [0.2, 0.25) is 0 Å². The highest BCUT2D eigenvalue weighted by Gasteiger charge is 2.76. The molecule has 0 amide bonds. The Labute approximate surface area is 138 Å². The predicted molar refractivity (Wildman–Crippen MR) is 84.8 cm³/mol. The summed E-state index contributed by atoms with van der Waals surface area (Å²) in [7, 11) is 0. The standard InChI is InChI=1S/C19H28O4/c1-16(2)21-11-18-14-5-4-12-10-13(20)6-9-19(12,23-18)17(14,3)8-7-15(18)22-16/h4,13-15,20H,5-11H2,1-3H3/t13?,14-,15-,17-,18-,19+/m0/s1. The fraction of sp³-hybridized carbons (Fsp3) is 0.895. The van der Waals surface area contributed by atoms with Crippen LogP contribution in [0.3, 0.4) is 0 Å². The Kier molecular flexibility index (Phi) is 2.73. The van der Waals surface area contributed by atoms with E-state index < -0.39 is 5.79 Å². The Morgan fingerprint density at radius 2 is 2.00 bits per heavy atom. The van der Waals surface area contributed by atoms with Crippen LogP contribution in [0.4, 0.5) is 0 Å². The van der Waals surface area contributed by atoms with E-state index in [1.807, 2.05) is 13.8 Å². The summed E-state index contributed by atoms with van der Waals surface area (Å²) < 4.78 is 19.4. The van der Waals surface area contributed by atoms with Gasteiger partial charge in [0.2, 0.25) is 0 Å². The monoisotopic (exact) mass is 320 g/mol. The normalized spacial score (nSPS) is 56.5. The number of aliphatic hydroxyl groups excluding tert-OH is 1. The van der Waals surface area contributed by atoms with E-state index in [-0.39, 0.29) is 28.8 Å². The van der Waals surface area contributed by atoms with Crippen molar-refractivity contribution < 1.29 is 19.3 Å². The van der Waals surface area contributed by atoms with Gasteiger partial charge in [-0.2, -0.15) is 0 Å². The van der Waals surface area contributed by atoms with Gasteiger partial charge < -0.3 is 19.3 Å². The van der Waals surface area contributed by atoms with Crippen molar-refractivity contribution >= 4 is 0 Å². The van der Waals surface area contributed by atoms with Crippen molar-refractivity contribution in [2.75, 3.05) is 6.61 Å². The topological polar surface area (TPSA) is 47.9 Å². The summed E-state index contributed by atoms with van der Waals surface area (Å²) in [5.41, 5.74) is 1.00. The third-order valence-electron chi connectivity index (χ3n) is 7.59. The molecule has 0 aromatic rings. The van der Waals surface area contributed by atoms with E-state index in [0.717, 1.165) is 38.5 Å². The first kappa shape index (κ1) is 14.9. The lowest BCUT2D eigenvalue weighted by molar-refractivity contribution is -0.350. The van der Waals surface area contributed by atoms with Crippen molar-refractivity contribution in [1.82, 2.24) is 0 Å². The average molecular weight is 320 g/mol. The molecule has 4 heteroatoms. The lowest BCUT2D eigenvalue weighted by Crippen LogP contribution is -2.63. The maximum Gasteiger partial charge on any atom is 0.163 e. The van der Waals surface area contributed by atoms with Gasteiger partial charge in [-0.05, 0) is 57.9 Å². The third-order valence-corrected chi connectivity index (χ3v) is 7.59. The minimum Gasteiger partial charge on any atom is -0.393 e. The summed E-state index contributed by atoms with van der Waals surface area (Å²) >= 11 is 0. The molecule has 0 radical (unpaired) electrons. The molecule has 1 N–H and O–H groups in total. The van der Waals surface area contributed by atoms with Gasteiger partial charge >= 0.3 is 0 Å². The molecular formula is C19H28O4. The highest BCUT2D eigenvalue weighted by atomic mass is 16.7. The summed E-state index contributed by atoms with van der Waals surface area (Å²) in [5, 5.41) is 10.1. The summed E-state index contributed by atoms with van der Waals surface area (Å²) in [5.74, 6) is -0.0516. The molecule has 2 saturated heterocycles. The number of ether oxygens (including phenoxy) is 3. The molecule has 3 aliphatic carbocycles. The van der Waals surface area contributed by atoms with Gasteiger partial charge in [-0.15, -0.1) is 0 Å². The number of allylic oxidation sites excluding steroid dienone is 1. The minimum absolute atomic E-state index is 0.128. The number of hydrogen-bond acceptors (Lipinski definition) is 4. The van der Waals surface area contributed by atoms with Gasteiger partial charge in [0, 0.05) is 11.3 Å². The summed E-state index contributed by atoms with van der Waals surface area (Å²) in [4.78, 5) is 0. The molecule has 2 spiro atoms. The molecule has 1 unspecified atom stereocenters. The largest absolute Gasteiger partial charge is 0.393 e. The SMILES string of the molecule is CC1(C)OC[C@]23O[C@]45CCC(O)CC4=CC[C@H]2[C@]5(C)CC[C@@H]3O1. The molecular weight excluding hydrogens is 292 g/mol. The van der Waals surface area contributed by atoms with Crippen LogP contribution in [-0.4, -0.2) is 40.9 Å². The maximum absolute atomic E-state index is 10.1. The van der Waals surface area contributed by atoms with Crippen LogP contribution in [-0.2, 0) is 14.2 Å². The van der Waals surface area contributed by atoms with Crippen molar-refractivity contribution in [3.05, 3.63) is 11.6 Å². The Morgan fingerprint density at radius 1 is 1.17 bits per heavy atom. The van der Waals surface area contributed by atoms with Gasteiger partial charge in [-0.1, -0.05) is 13.0 Å². The summed E-state index contributed by atoms with van der Waals surface area (Å²) in [6, 6.07) is 0. The van der Waals surface area contributed by atoms with E-state index in [2.05, 4.69) is 13.0 Å². The van der Waals surface area contributed by atoms with E-state index in [4.69, 9.17) is 14.2 Å². The highest BCUT2D eigenvalue weighted by Crippen LogP contribution is 2.71. The zero-order valence-electron chi connectivity index (χ0n) is 14.4. The molecule has 4 bridgehead atoms. The van der Waals surface area contributed by atoms with E-state index in [1.54, 1.807) is 0 Å². The Bertz CT molecular complexity index is 584. The lowest BCUT2D eigenvalue weighted by atomic mass is 9.49. The van der Waals surface area contributed by atoms with Gasteiger partial charge in [0.25, 0.3) is 0 Å². The molecule has 2 aliphatic heterocycles. The van der Waals surface area contributed by atoms with Crippen molar-refractivity contribution in [2.24, 2.45) is 11.3 Å². The molecule has 2 saturated carbocycles. The zero-order valence-corrected chi connectivity index (χ0v) is 14.4. The van der Waals surface area contributed by atoms with Crippen LogP contribution in [0, 0.1) is 11.3 Å². The van der Waals surface area contributed by atoms with Gasteiger partial charge in [0.1, 0.15) is 5.60 Å². The number of hydrogen-bond donors (Lipinski definition) is 1. The van der Waals surface area contributed by atoms with Gasteiger partial charge in [-0.3, -0.25) is 0 Å². The van der Waals surface area contributed by atoms with Crippen LogP contribution in [0.15, 0.2) is 11.6 Å². The number of aliphatic hydroxyl groups is 1. The Balaban J connectivity index is 1.61. The van der Waals surface area contributed by atoms with Crippen LogP contribution in [0.25, 0.3) is 0 Å². The molecule has 4 nitrogen and oxygen atoms in total. The summed E-state index contributed by atoms with van der Waals surface area (Å²) in [6.07, 6.45) is 8.07. The van der Waals surface area contributed by atoms with Gasteiger partial charge in [0.05, 0.1) is 24.4 Å². The summed E-state index contributed by atoms with van der Waals surface area (Å²) in [6.45, 7) is 7.07. The predicted octanol–water partition coefficient (Wildman–Crippen LogP) is 2.94. The average Bonchev–Trinajstić information content (AvgIpc) is 2.60. The van der Waals surface area contributed by atoms with E-state index in [9.17, 15) is 5.11 Å². The van der Waals surface area contributed by atoms with Gasteiger partial charge in [0.15, 0.2) is 5.79 Å².